The number of amides is 1. The first-order valence-electron chi connectivity index (χ1n) is 5.69. The summed E-state index contributed by atoms with van der Waals surface area (Å²) >= 11 is 0.816. The van der Waals surface area contributed by atoms with E-state index in [9.17, 15) is 18.3 Å². The molecule has 2 N–H and O–H groups in total. The third-order valence-electron chi connectivity index (χ3n) is 2.67. The van der Waals surface area contributed by atoms with Gasteiger partial charge in [-0.15, -0.1) is 10.2 Å². The van der Waals surface area contributed by atoms with Gasteiger partial charge in [-0.2, -0.15) is 4.31 Å². The number of anilines is 1. The zero-order valence-corrected chi connectivity index (χ0v) is 11.9. The highest BCUT2D eigenvalue weighted by atomic mass is 32.2. The molecule has 106 valence electrons. The van der Waals surface area contributed by atoms with Gasteiger partial charge < -0.3 is 10.4 Å². The van der Waals surface area contributed by atoms with Crippen LogP contribution < -0.4 is 5.32 Å². The number of aromatic nitrogens is 2. The Morgan fingerprint density at radius 1 is 1.42 bits per heavy atom. The number of carbonyl (C=O) groups excluding carboxylic acids is 1. The summed E-state index contributed by atoms with van der Waals surface area (Å²) in [5.41, 5.74) is 0. The zero-order valence-electron chi connectivity index (χ0n) is 10.2. The Kier molecular flexibility index (Phi) is 4.13. The number of sulfonamides is 1. The molecule has 0 spiro atoms. The highest BCUT2D eigenvalue weighted by molar-refractivity contribution is 7.91. The predicted octanol–water partition coefficient (Wildman–Crippen LogP) is -0.358. The summed E-state index contributed by atoms with van der Waals surface area (Å²) in [4.78, 5) is 10.9. The molecule has 0 aliphatic carbocycles. The number of nitrogens with zero attached hydrogens (tertiary/aromatic N) is 3. The summed E-state index contributed by atoms with van der Waals surface area (Å²) in [7, 11) is -3.68. The molecule has 0 unspecified atom stereocenters. The van der Waals surface area contributed by atoms with Crippen LogP contribution >= 0.6 is 11.3 Å². The lowest BCUT2D eigenvalue weighted by Gasteiger charge is -2.27. The fourth-order valence-corrected chi connectivity index (χ4v) is 4.26. The number of hydrogen-bond donors (Lipinski definition) is 2. The smallest absolute Gasteiger partial charge is 0.272 e. The van der Waals surface area contributed by atoms with Crippen molar-refractivity contribution in [2.24, 2.45) is 0 Å². The maximum absolute atomic E-state index is 12.2. The minimum absolute atomic E-state index is 0.146. The number of nitrogens with one attached hydrogen (secondary N) is 1. The average molecular weight is 306 g/mol. The second kappa shape index (κ2) is 5.49. The first-order chi connectivity index (χ1) is 8.89. The van der Waals surface area contributed by atoms with E-state index in [4.69, 9.17) is 0 Å². The Bertz CT molecular complexity index is 563. The predicted molar refractivity (Wildman–Crippen MR) is 68.2 cm³/mol. The molecule has 10 heteroatoms. The SMILES string of the molecule is CC(=O)Nc1nnc(S(=O)(=O)N2CCC(O)CC2)s1. The molecule has 1 aliphatic rings. The lowest BCUT2D eigenvalue weighted by molar-refractivity contribution is -0.114. The Morgan fingerprint density at radius 3 is 2.63 bits per heavy atom. The number of hydrogen-bond acceptors (Lipinski definition) is 7. The highest BCUT2D eigenvalue weighted by Gasteiger charge is 2.31. The highest BCUT2D eigenvalue weighted by Crippen LogP contribution is 2.25. The summed E-state index contributed by atoms with van der Waals surface area (Å²) in [6, 6.07) is 0. The Balaban J connectivity index is 2.15. The molecule has 1 amide bonds. The van der Waals surface area contributed by atoms with E-state index in [-0.39, 0.29) is 28.5 Å². The summed E-state index contributed by atoms with van der Waals surface area (Å²) in [5, 5.41) is 19.1. The first kappa shape index (κ1) is 14.3. The molecule has 2 rings (SSSR count). The third-order valence-corrected chi connectivity index (χ3v) is 5.76. The fourth-order valence-electron chi connectivity index (χ4n) is 1.71. The van der Waals surface area contributed by atoms with Crippen LogP contribution in [0.15, 0.2) is 4.34 Å². The minimum atomic E-state index is -3.68. The van der Waals surface area contributed by atoms with Gasteiger partial charge >= 0.3 is 0 Å². The molecule has 19 heavy (non-hydrogen) atoms. The van der Waals surface area contributed by atoms with E-state index in [0.717, 1.165) is 11.3 Å². The van der Waals surface area contributed by atoms with Crippen molar-refractivity contribution in [1.29, 1.82) is 0 Å². The van der Waals surface area contributed by atoms with Gasteiger partial charge in [-0.1, -0.05) is 11.3 Å². The molecular formula is C9H14N4O4S2. The number of rotatable bonds is 3. The maximum atomic E-state index is 12.2. The van der Waals surface area contributed by atoms with Crippen LogP contribution in [0.5, 0.6) is 0 Å². The molecule has 0 radical (unpaired) electrons. The Morgan fingerprint density at radius 2 is 2.05 bits per heavy atom. The Hall–Kier alpha value is -1.10. The quantitative estimate of drug-likeness (QED) is 0.738. The summed E-state index contributed by atoms with van der Waals surface area (Å²) in [5.74, 6) is -0.332. The van der Waals surface area contributed by atoms with Crippen molar-refractivity contribution < 1.29 is 18.3 Å². The monoisotopic (exact) mass is 306 g/mol. The van der Waals surface area contributed by atoms with Crippen molar-refractivity contribution in [1.82, 2.24) is 14.5 Å². The normalized spacial score (nSPS) is 18.4. The zero-order chi connectivity index (χ0) is 14.0. The van der Waals surface area contributed by atoms with Crippen LogP contribution in [0.4, 0.5) is 5.13 Å². The molecular weight excluding hydrogens is 292 g/mol. The second-order valence-electron chi connectivity index (χ2n) is 4.19. The van der Waals surface area contributed by atoms with E-state index in [1.807, 2.05) is 0 Å². The number of carbonyl (C=O) groups is 1. The van der Waals surface area contributed by atoms with Gasteiger partial charge in [0.1, 0.15) is 0 Å². The van der Waals surface area contributed by atoms with Gasteiger partial charge in [-0.05, 0) is 12.8 Å². The van der Waals surface area contributed by atoms with Gasteiger partial charge in [0.2, 0.25) is 15.4 Å². The van der Waals surface area contributed by atoms with Gasteiger partial charge in [0.25, 0.3) is 10.0 Å². The van der Waals surface area contributed by atoms with E-state index in [2.05, 4.69) is 15.5 Å². The number of aliphatic hydroxyl groups is 1. The molecule has 2 heterocycles. The van der Waals surface area contributed by atoms with Crippen LogP contribution in [0.25, 0.3) is 0 Å². The van der Waals surface area contributed by atoms with Crippen LogP contribution in [0.3, 0.4) is 0 Å². The summed E-state index contributed by atoms with van der Waals surface area (Å²) < 4.78 is 25.6. The van der Waals surface area contributed by atoms with E-state index in [0.29, 0.717) is 12.8 Å². The molecule has 1 saturated heterocycles. The van der Waals surface area contributed by atoms with Gasteiger partial charge in [-0.25, -0.2) is 8.42 Å². The molecule has 0 bridgehead atoms. The summed E-state index contributed by atoms with van der Waals surface area (Å²) in [6.07, 6.45) is 0.378. The average Bonchev–Trinajstić information content (AvgIpc) is 2.78. The van der Waals surface area contributed by atoms with Gasteiger partial charge in [0, 0.05) is 20.0 Å². The van der Waals surface area contributed by atoms with E-state index < -0.39 is 16.1 Å². The minimum Gasteiger partial charge on any atom is -0.393 e. The van der Waals surface area contributed by atoms with Crippen molar-refractivity contribution in [2.45, 2.75) is 30.2 Å². The van der Waals surface area contributed by atoms with Crippen molar-refractivity contribution in [3.05, 3.63) is 0 Å². The second-order valence-corrected chi connectivity index (χ2v) is 7.28. The number of piperidine rings is 1. The van der Waals surface area contributed by atoms with Crippen molar-refractivity contribution in [2.75, 3.05) is 18.4 Å². The van der Waals surface area contributed by atoms with E-state index in [1.54, 1.807) is 0 Å². The van der Waals surface area contributed by atoms with Gasteiger partial charge in [0.05, 0.1) is 6.10 Å². The topological polar surface area (TPSA) is 112 Å². The molecule has 1 aliphatic heterocycles. The largest absolute Gasteiger partial charge is 0.393 e. The van der Waals surface area contributed by atoms with E-state index in [1.165, 1.54) is 11.2 Å². The van der Waals surface area contributed by atoms with Crippen LogP contribution in [0, 0.1) is 0 Å². The van der Waals surface area contributed by atoms with Crippen LogP contribution in [-0.4, -0.2) is 53.1 Å². The standard InChI is InChI=1S/C9H14N4O4S2/c1-6(14)10-8-11-12-9(18-8)19(16,17)13-4-2-7(15)3-5-13/h7,15H,2-5H2,1H3,(H,10,11,14). The lowest BCUT2D eigenvalue weighted by atomic mass is 10.1. The molecule has 8 nitrogen and oxygen atoms in total. The maximum Gasteiger partial charge on any atom is 0.272 e. The molecule has 1 aromatic heterocycles. The van der Waals surface area contributed by atoms with Crippen molar-refractivity contribution >= 4 is 32.4 Å². The third kappa shape index (κ3) is 3.26. The van der Waals surface area contributed by atoms with Crippen LogP contribution in [0.1, 0.15) is 19.8 Å². The lowest BCUT2D eigenvalue weighted by Crippen LogP contribution is -2.39. The Labute approximate surface area is 114 Å². The fraction of sp³-hybridized carbons (Fsp3) is 0.667. The van der Waals surface area contributed by atoms with E-state index >= 15 is 0 Å². The van der Waals surface area contributed by atoms with Crippen LogP contribution in [0.2, 0.25) is 0 Å². The van der Waals surface area contributed by atoms with Gasteiger partial charge in [-0.3, -0.25) is 4.79 Å². The molecule has 1 aromatic rings. The van der Waals surface area contributed by atoms with Crippen molar-refractivity contribution in [3.8, 4) is 0 Å². The molecule has 0 atom stereocenters. The van der Waals surface area contributed by atoms with Crippen LogP contribution in [-0.2, 0) is 14.8 Å². The molecule has 1 fully saturated rings. The number of aliphatic hydroxyl groups excluding tert-OH is 1. The summed E-state index contributed by atoms with van der Waals surface area (Å²) in [6.45, 7) is 1.83. The first-order valence-corrected chi connectivity index (χ1v) is 7.94. The molecule has 0 saturated carbocycles. The molecule has 0 aromatic carbocycles. The van der Waals surface area contributed by atoms with Gasteiger partial charge in [0.15, 0.2) is 0 Å². The van der Waals surface area contributed by atoms with Crippen molar-refractivity contribution in [3.63, 3.8) is 0 Å².